The van der Waals surface area contributed by atoms with Gasteiger partial charge in [-0.2, -0.15) is 0 Å². The van der Waals surface area contributed by atoms with Crippen molar-refractivity contribution in [1.82, 2.24) is 4.98 Å². The Hall–Kier alpha value is -1.65. The number of esters is 1. The van der Waals surface area contributed by atoms with Crippen molar-refractivity contribution in [3.63, 3.8) is 0 Å². The maximum absolute atomic E-state index is 12.5. The quantitative estimate of drug-likeness (QED) is 0.626. The van der Waals surface area contributed by atoms with Gasteiger partial charge >= 0.3 is 5.97 Å². The predicted octanol–water partition coefficient (Wildman–Crippen LogP) is 0.590. The van der Waals surface area contributed by atoms with Crippen molar-refractivity contribution >= 4 is 11.8 Å². The van der Waals surface area contributed by atoms with Crippen LogP contribution in [-0.4, -0.2) is 18.1 Å². The Morgan fingerprint density at radius 3 is 3.00 bits per heavy atom. The number of carbonyl (C=O) groups is 1. The minimum atomic E-state index is -0.695. The predicted molar refractivity (Wildman–Crippen MR) is 39.9 cm³/mol. The van der Waals surface area contributed by atoms with Gasteiger partial charge in [0.15, 0.2) is 0 Å². The standard InChI is InChI=1S/C7H7FN2O2/c1-12-7(11)5-2-4(8)3-10-6(5)9/h2-3H,1H3,(H2,9,10). The number of nitrogens with two attached hydrogens (primary N) is 1. The van der Waals surface area contributed by atoms with Gasteiger partial charge < -0.3 is 10.5 Å². The van der Waals surface area contributed by atoms with E-state index in [2.05, 4.69) is 9.72 Å². The second-order valence-electron chi connectivity index (χ2n) is 2.08. The normalized spacial score (nSPS) is 9.50. The van der Waals surface area contributed by atoms with E-state index in [1.54, 1.807) is 0 Å². The molecule has 12 heavy (non-hydrogen) atoms. The van der Waals surface area contributed by atoms with Gasteiger partial charge in [-0.05, 0) is 6.07 Å². The van der Waals surface area contributed by atoms with Gasteiger partial charge in [0.1, 0.15) is 17.2 Å². The van der Waals surface area contributed by atoms with Crippen LogP contribution in [0.15, 0.2) is 12.3 Å². The number of halogens is 1. The number of aromatic nitrogens is 1. The molecule has 0 atom stereocenters. The third-order valence-electron chi connectivity index (χ3n) is 1.29. The molecule has 0 unspecified atom stereocenters. The van der Waals surface area contributed by atoms with E-state index in [-0.39, 0.29) is 11.4 Å². The molecule has 0 aliphatic carbocycles. The maximum Gasteiger partial charge on any atom is 0.341 e. The molecule has 0 saturated heterocycles. The molecule has 5 heteroatoms. The van der Waals surface area contributed by atoms with Crippen molar-refractivity contribution < 1.29 is 13.9 Å². The van der Waals surface area contributed by atoms with Crippen LogP contribution in [0.3, 0.4) is 0 Å². The second-order valence-corrected chi connectivity index (χ2v) is 2.08. The number of ether oxygens (including phenoxy) is 1. The van der Waals surface area contributed by atoms with Crippen LogP contribution in [-0.2, 0) is 4.74 Å². The van der Waals surface area contributed by atoms with Crippen molar-refractivity contribution in [3.05, 3.63) is 23.6 Å². The van der Waals surface area contributed by atoms with Crippen LogP contribution in [0.5, 0.6) is 0 Å². The third-order valence-corrected chi connectivity index (χ3v) is 1.29. The van der Waals surface area contributed by atoms with E-state index in [0.717, 1.165) is 12.3 Å². The number of carbonyl (C=O) groups excluding carboxylic acids is 1. The summed E-state index contributed by atoms with van der Waals surface area (Å²) >= 11 is 0. The largest absolute Gasteiger partial charge is 0.465 e. The number of pyridine rings is 1. The van der Waals surface area contributed by atoms with Gasteiger partial charge in [-0.1, -0.05) is 0 Å². The lowest BCUT2D eigenvalue weighted by molar-refractivity contribution is 0.0601. The molecule has 1 aromatic rings. The molecule has 0 aliphatic heterocycles. The number of hydrogen-bond donors (Lipinski definition) is 1. The van der Waals surface area contributed by atoms with E-state index < -0.39 is 11.8 Å². The topological polar surface area (TPSA) is 65.2 Å². The van der Waals surface area contributed by atoms with Gasteiger partial charge in [0.05, 0.1) is 13.3 Å². The van der Waals surface area contributed by atoms with Crippen LogP contribution in [0, 0.1) is 5.82 Å². The zero-order valence-corrected chi connectivity index (χ0v) is 6.37. The number of nitrogens with zero attached hydrogens (tertiary/aromatic N) is 1. The molecule has 1 heterocycles. The molecule has 0 spiro atoms. The van der Waals surface area contributed by atoms with E-state index in [1.807, 2.05) is 0 Å². The molecule has 0 aromatic carbocycles. The van der Waals surface area contributed by atoms with Crippen LogP contribution < -0.4 is 5.73 Å². The minimum Gasteiger partial charge on any atom is -0.465 e. The lowest BCUT2D eigenvalue weighted by atomic mass is 10.2. The summed E-state index contributed by atoms with van der Waals surface area (Å²) in [6, 6.07) is 0.980. The Morgan fingerprint density at radius 1 is 1.75 bits per heavy atom. The average Bonchev–Trinajstić information content (AvgIpc) is 2.08. The molecule has 0 radical (unpaired) electrons. The summed E-state index contributed by atoms with van der Waals surface area (Å²) in [4.78, 5) is 14.3. The molecular formula is C7H7FN2O2. The van der Waals surface area contributed by atoms with Crippen LogP contribution in [0.25, 0.3) is 0 Å². The van der Waals surface area contributed by atoms with Crippen molar-refractivity contribution in [1.29, 1.82) is 0 Å². The zero-order valence-electron chi connectivity index (χ0n) is 6.37. The van der Waals surface area contributed by atoms with Crippen LogP contribution in [0.1, 0.15) is 10.4 Å². The van der Waals surface area contributed by atoms with Crippen LogP contribution >= 0.6 is 0 Å². The molecule has 64 valence electrons. The van der Waals surface area contributed by atoms with Gasteiger partial charge in [0, 0.05) is 0 Å². The first-order valence-electron chi connectivity index (χ1n) is 3.14. The smallest absolute Gasteiger partial charge is 0.341 e. The van der Waals surface area contributed by atoms with Gasteiger partial charge in [0.25, 0.3) is 0 Å². The summed E-state index contributed by atoms with van der Waals surface area (Å²) in [5.74, 6) is -1.35. The Bertz CT molecular complexity index is 314. The Kier molecular flexibility index (Phi) is 2.23. The van der Waals surface area contributed by atoms with Gasteiger partial charge in [-0.25, -0.2) is 14.2 Å². The van der Waals surface area contributed by atoms with Gasteiger partial charge in [0.2, 0.25) is 0 Å². The van der Waals surface area contributed by atoms with Crippen LogP contribution in [0.2, 0.25) is 0 Å². The summed E-state index contributed by atoms with van der Waals surface area (Å²) in [6.07, 6.45) is 0.932. The fourth-order valence-corrected chi connectivity index (χ4v) is 0.723. The lowest BCUT2D eigenvalue weighted by Crippen LogP contribution is -2.07. The molecule has 4 nitrogen and oxygen atoms in total. The van der Waals surface area contributed by atoms with E-state index in [4.69, 9.17) is 5.73 Å². The maximum atomic E-state index is 12.5. The summed E-state index contributed by atoms with van der Waals surface area (Å²) in [5, 5.41) is 0. The number of hydrogen-bond acceptors (Lipinski definition) is 4. The molecule has 1 rings (SSSR count). The second kappa shape index (κ2) is 3.17. The highest BCUT2D eigenvalue weighted by Crippen LogP contribution is 2.10. The first-order valence-corrected chi connectivity index (χ1v) is 3.14. The Morgan fingerprint density at radius 2 is 2.42 bits per heavy atom. The summed E-state index contributed by atoms with van der Waals surface area (Å²) in [6.45, 7) is 0. The number of anilines is 1. The van der Waals surface area contributed by atoms with Crippen molar-refractivity contribution in [2.45, 2.75) is 0 Å². The lowest BCUT2D eigenvalue weighted by Gasteiger charge is -2.01. The van der Waals surface area contributed by atoms with Crippen LogP contribution in [0.4, 0.5) is 10.2 Å². The third kappa shape index (κ3) is 1.50. The van der Waals surface area contributed by atoms with Crippen molar-refractivity contribution in [3.8, 4) is 0 Å². The molecule has 0 bridgehead atoms. The molecule has 0 amide bonds. The molecule has 1 aromatic heterocycles. The summed E-state index contributed by atoms with van der Waals surface area (Å²) in [7, 11) is 1.19. The fourth-order valence-electron chi connectivity index (χ4n) is 0.723. The first-order chi connectivity index (χ1) is 5.65. The number of rotatable bonds is 1. The van der Waals surface area contributed by atoms with E-state index in [1.165, 1.54) is 7.11 Å². The van der Waals surface area contributed by atoms with Gasteiger partial charge in [-0.15, -0.1) is 0 Å². The van der Waals surface area contributed by atoms with Gasteiger partial charge in [-0.3, -0.25) is 0 Å². The zero-order chi connectivity index (χ0) is 9.14. The molecular weight excluding hydrogens is 163 g/mol. The van der Waals surface area contributed by atoms with E-state index in [0.29, 0.717) is 0 Å². The first kappa shape index (κ1) is 8.45. The fraction of sp³-hybridized carbons (Fsp3) is 0.143. The monoisotopic (exact) mass is 170 g/mol. The molecule has 0 saturated carbocycles. The number of methoxy groups -OCH3 is 1. The Labute approximate surface area is 68.2 Å². The summed E-state index contributed by atoms with van der Waals surface area (Å²) in [5.41, 5.74) is 5.23. The molecule has 2 N–H and O–H groups in total. The van der Waals surface area contributed by atoms with Crippen molar-refractivity contribution in [2.75, 3.05) is 12.8 Å². The highest BCUT2D eigenvalue weighted by Gasteiger charge is 2.11. The highest BCUT2D eigenvalue weighted by molar-refractivity contribution is 5.93. The van der Waals surface area contributed by atoms with E-state index in [9.17, 15) is 9.18 Å². The minimum absolute atomic E-state index is 0.0387. The Balaban J connectivity index is 3.13. The average molecular weight is 170 g/mol. The highest BCUT2D eigenvalue weighted by atomic mass is 19.1. The summed E-state index contributed by atoms with van der Waals surface area (Å²) < 4.78 is 16.9. The number of nitrogen functional groups attached to an aromatic ring is 1. The molecule has 0 fully saturated rings. The van der Waals surface area contributed by atoms with Crippen molar-refractivity contribution in [2.24, 2.45) is 0 Å². The SMILES string of the molecule is COC(=O)c1cc(F)cnc1N. The van der Waals surface area contributed by atoms with E-state index >= 15 is 0 Å². The molecule has 0 aliphatic rings.